The quantitative estimate of drug-likeness (QED) is 0.623. The summed E-state index contributed by atoms with van der Waals surface area (Å²) in [6, 6.07) is 0. The lowest BCUT2D eigenvalue weighted by Crippen LogP contribution is -2.25. The van der Waals surface area contributed by atoms with Crippen LogP contribution in [0.25, 0.3) is 0 Å². The van der Waals surface area contributed by atoms with E-state index < -0.39 is 5.60 Å². The summed E-state index contributed by atoms with van der Waals surface area (Å²) in [5.41, 5.74) is -0.476. The molecular weight excluding hydrogens is 124 g/mol. The van der Waals surface area contributed by atoms with Crippen LogP contribution in [-0.4, -0.2) is 10.7 Å². The first-order chi connectivity index (χ1) is 4.68. The maximum absolute atomic E-state index is 9.68. The van der Waals surface area contributed by atoms with Crippen LogP contribution in [0.2, 0.25) is 0 Å². The first kappa shape index (κ1) is 9.70. The maximum Gasteiger partial charge on any atom is 0.0645 e. The Kier molecular flexibility index (Phi) is 4.37. The normalized spacial score (nSPS) is 11.5. The summed E-state index contributed by atoms with van der Waals surface area (Å²) in [6.45, 7) is 9.21. The van der Waals surface area contributed by atoms with Gasteiger partial charge in [-0.15, -0.1) is 0 Å². The third-order valence-electron chi connectivity index (χ3n) is 2.09. The smallest absolute Gasteiger partial charge is 0.0645 e. The molecule has 0 aromatic rings. The fraction of sp³-hybridized carbons (Fsp3) is 0.778. The van der Waals surface area contributed by atoms with E-state index in [0.717, 1.165) is 25.7 Å². The van der Waals surface area contributed by atoms with Gasteiger partial charge < -0.3 is 5.11 Å². The Morgan fingerprint density at radius 3 is 2.20 bits per heavy atom. The molecule has 0 bridgehead atoms. The van der Waals surface area contributed by atoms with E-state index in [0.29, 0.717) is 0 Å². The average molecular weight is 141 g/mol. The van der Waals surface area contributed by atoms with E-state index >= 15 is 0 Å². The van der Waals surface area contributed by atoms with Crippen LogP contribution in [0.15, 0.2) is 6.08 Å². The number of rotatable bonds is 5. The van der Waals surface area contributed by atoms with E-state index in [9.17, 15) is 5.11 Å². The van der Waals surface area contributed by atoms with Crippen molar-refractivity contribution in [2.75, 3.05) is 0 Å². The van der Waals surface area contributed by atoms with Crippen LogP contribution in [0.4, 0.5) is 0 Å². The topological polar surface area (TPSA) is 20.2 Å². The molecule has 1 heteroatoms. The van der Waals surface area contributed by atoms with E-state index in [-0.39, 0.29) is 0 Å². The zero-order valence-electron chi connectivity index (χ0n) is 6.93. The van der Waals surface area contributed by atoms with Crippen molar-refractivity contribution in [1.82, 2.24) is 0 Å². The summed E-state index contributed by atoms with van der Waals surface area (Å²) >= 11 is 0. The zero-order chi connectivity index (χ0) is 8.04. The minimum atomic E-state index is -0.476. The van der Waals surface area contributed by atoms with Gasteiger partial charge in [-0.2, -0.15) is 0 Å². The lowest BCUT2D eigenvalue weighted by atomic mass is 9.92. The standard InChI is InChI=1S/C9H17O/c1-4-7-8-9(10,5-2)6-3/h1,4,10H,5-8H2,2-3H3. The first-order valence-electron chi connectivity index (χ1n) is 3.94. The number of aliphatic hydroxyl groups is 1. The fourth-order valence-corrected chi connectivity index (χ4v) is 0.956. The van der Waals surface area contributed by atoms with Crippen molar-refractivity contribution in [3.05, 3.63) is 12.7 Å². The van der Waals surface area contributed by atoms with Gasteiger partial charge in [0.2, 0.25) is 0 Å². The molecule has 0 saturated heterocycles. The Bertz CT molecular complexity index is 92.9. The number of hydrogen-bond acceptors (Lipinski definition) is 1. The molecule has 0 aliphatic carbocycles. The second-order valence-corrected chi connectivity index (χ2v) is 2.71. The third-order valence-corrected chi connectivity index (χ3v) is 2.09. The Hall–Kier alpha value is -0.300. The molecule has 0 heterocycles. The summed E-state index contributed by atoms with van der Waals surface area (Å²) < 4.78 is 0. The molecule has 59 valence electrons. The predicted octanol–water partition coefficient (Wildman–Crippen LogP) is 2.31. The highest BCUT2D eigenvalue weighted by molar-refractivity contribution is 4.78. The molecule has 0 saturated carbocycles. The highest BCUT2D eigenvalue weighted by Crippen LogP contribution is 2.20. The highest BCUT2D eigenvalue weighted by Gasteiger charge is 2.19. The van der Waals surface area contributed by atoms with E-state index in [1.165, 1.54) is 0 Å². The minimum absolute atomic E-state index is 0.476. The van der Waals surface area contributed by atoms with E-state index in [4.69, 9.17) is 6.58 Å². The molecule has 0 aliphatic rings. The van der Waals surface area contributed by atoms with Crippen molar-refractivity contribution in [3.63, 3.8) is 0 Å². The van der Waals surface area contributed by atoms with Crippen molar-refractivity contribution in [2.24, 2.45) is 0 Å². The molecule has 1 radical (unpaired) electrons. The van der Waals surface area contributed by atoms with Gasteiger partial charge >= 0.3 is 0 Å². The van der Waals surface area contributed by atoms with Crippen LogP contribution in [0.5, 0.6) is 0 Å². The molecule has 1 nitrogen and oxygen atoms in total. The molecule has 0 fully saturated rings. The molecule has 0 aliphatic heterocycles. The Morgan fingerprint density at radius 1 is 1.40 bits per heavy atom. The van der Waals surface area contributed by atoms with Crippen LogP contribution in [0.1, 0.15) is 39.5 Å². The van der Waals surface area contributed by atoms with Crippen LogP contribution in [-0.2, 0) is 0 Å². The Morgan fingerprint density at radius 2 is 1.90 bits per heavy atom. The zero-order valence-corrected chi connectivity index (χ0v) is 6.93. The molecule has 0 unspecified atom stereocenters. The minimum Gasteiger partial charge on any atom is -0.390 e. The highest BCUT2D eigenvalue weighted by atomic mass is 16.3. The summed E-state index contributed by atoms with van der Waals surface area (Å²) in [5, 5.41) is 9.68. The van der Waals surface area contributed by atoms with Gasteiger partial charge in [0.25, 0.3) is 0 Å². The van der Waals surface area contributed by atoms with Crippen molar-refractivity contribution < 1.29 is 5.11 Å². The van der Waals surface area contributed by atoms with E-state index in [1.807, 2.05) is 13.8 Å². The Labute approximate surface area is 63.8 Å². The van der Waals surface area contributed by atoms with Crippen LogP contribution in [0.3, 0.4) is 0 Å². The van der Waals surface area contributed by atoms with Crippen molar-refractivity contribution >= 4 is 0 Å². The van der Waals surface area contributed by atoms with Gasteiger partial charge in [-0.05, 0) is 25.7 Å². The fourth-order valence-electron chi connectivity index (χ4n) is 0.956. The van der Waals surface area contributed by atoms with E-state index in [1.54, 1.807) is 6.08 Å². The Balaban J connectivity index is 3.68. The number of hydrogen-bond donors (Lipinski definition) is 1. The molecule has 0 amide bonds. The lowest BCUT2D eigenvalue weighted by Gasteiger charge is -2.24. The molecule has 0 rings (SSSR count). The number of allylic oxidation sites excluding steroid dienone is 1. The van der Waals surface area contributed by atoms with Gasteiger partial charge in [-0.25, -0.2) is 0 Å². The van der Waals surface area contributed by atoms with Crippen molar-refractivity contribution in [3.8, 4) is 0 Å². The van der Waals surface area contributed by atoms with Gasteiger partial charge in [0.1, 0.15) is 0 Å². The van der Waals surface area contributed by atoms with Gasteiger partial charge in [-0.1, -0.05) is 26.5 Å². The van der Waals surface area contributed by atoms with E-state index in [2.05, 4.69) is 0 Å². The van der Waals surface area contributed by atoms with Crippen molar-refractivity contribution in [2.45, 2.75) is 45.1 Å². The van der Waals surface area contributed by atoms with Gasteiger partial charge in [0.15, 0.2) is 0 Å². The molecule has 0 atom stereocenters. The van der Waals surface area contributed by atoms with Crippen LogP contribution in [0, 0.1) is 6.58 Å². The largest absolute Gasteiger partial charge is 0.390 e. The molecular formula is C9H17O. The SMILES string of the molecule is [CH]=CCCC(O)(CC)CC. The summed E-state index contributed by atoms with van der Waals surface area (Å²) in [4.78, 5) is 0. The maximum atomic E-state index is 9.68. The third kappa shape index (κ3) is 3.02. The first-order valence-corrected chi connectivity index (χ1v) is 3.94. The summed E-state index contributed by atoms with van der Waals surface area (Å²) in [6.07, 6.45) is 4.83. The van der Waals surface area contributed by atoms with Crippen LogP contribution >= 0.6 is 0 Å². The molecule has 0 aromatic carbocycles. The molecule has 1 N–H and O–H groups in total. The van der Waals surface area contributed by atoms with Gasteiger partial charge in [0.05, 0.1) is 5.60 Å². The predicted molar refractivity (Wildman–Crippen MR) is 43.6 cm³/mol. The second-order valence-electron chi connectivity index (χ2n) is 2.71. The molecule has 10 heavy (non-hydrogen) atoms. The van der Waals surface area contributed by atoms with Gasteiger partial charge in [-0.3, -0.25) is 0 Å². The summed E-state index contributed by atoms with van der Waals surface area (Å²) in [7, 11) is 0. The average Bonchev–Trinajstić information content (AvgIpc) is 2.00. The van der Waals surface area contributed by atoms with Crippen LogP contribution < -0.4 is 0 Å². The second kappa shape index (κ2) is 4.51. The van der Waals surface area contributed by atoms with Gasteiger partial charge in [0, 0.05) is 0 Å². The molecule has 0 spiro atoms. The monoisotopic (exact) mass is 141 g/mol. The molecule has 0 aromatic heterocycles. The van der Waals surface area contributed by atoms with Crippen molar-refractivity contribution in [1.29, 1.82) is 0 Å². The lowest BCUT2D eigenvalue weighted by molar-refractivity contribution is 0.0246. The summed E-state index contributed by atoms with van der Waals surface area (Å²) in [5.74, 6) is 0.